The number of nitrogens with two attached hydrogens (primary N) is 1. The van der Waals surface area contributed by atoms with Crippen molar-refractivity contribution in [1.82, 2.24) is 0 Å². The smallest absolute Gasteiger partial charge is 0.0724 e. The summed E-state index contributed by atoms with van der Waals surface area (Å²) in [6, 6.07) is 0. The summed E-state index contributed by atoms with van der Waals surface area (Å²) in [5, 5.41) is 9.97. The Balaban J connectivity index is 1.67. The number of rotatable bonds is 0. The number of hydrogen-bond donors (Lipinski definition) is 2. The summed E-state index contributed by atoms with van der Waals surface area (Å²) in [6.07, 6.45) is 13.9. The van der Waals surface area contributed by atoms with Gasteiger partial charge in [-0.1, -0.05) is 32.1 Å². The summed E-state index contributed by atoms with van der Waals surface area (Å²) in [5.74, 6) is 3.05. The third-order valence-electron chi connectivity index (χ3n) is 7.81. The molecule has 0 aromatic rings. The number of allylic oxidation sites excluding steroid dienone is 3. The van der Waals surface area contributed by atoms with E-state index >= 15 is 0 Å². The first-order chi connectivity index (χ1) is 9.95. The molecule has 0 aromatic heterocycles. The normalized spacial score (nSPS) is 55.4. The summed E-state index contributed by atoms with van der Waals surface area (Å²) < 4.78 is 0. The molecule has 0 radical (unpaired) electrons. The number of aliphatic hydroxyl groups excluding tert-OH is 1. The van der Waals surface area contributed by atoms with Crippen molar-refractivity contribution >= 4 is 0 Å². The van der Waals surface area contributed by atoms with E-state index < -0.39 is 0 Å². The van der Waals surface area contributed by atoms with E-state index in [1.54, 1.807) is 0 Å². The zero-order valence-corrected chi connectivity index (χ0v) is 13.4. The Morgan fingerprint density at radius 3 is 2.81 bits per heavy atom. The molecule has 0 aromatic carbocycles. The third-order valence-corrected chi connectivity index (χ3v) is 7.81. The van der Waals surface area contributed by atoms with Crippen LogP contribution in [-0.2, 0) is 0 Å². The molecule has 0 saturated heterocycles. The van der Waals surface area contributed by atoms with Crippen LogP contribution in [0.3, 0.4) is 0 Å². The molecule has 2 fully saturated rings. The molecule has 4 aliphatic rings. The fraction of sp³-hybridized carbons (Fsp3) is 0.789. The molecule has 2 heteroatoms. The van der Waals surface area contributed by atoms with Gasteiger partial charge in [0.2, 0.25) is 0 Å². The Hall–Kier alpha value is -0.760. The maximum Gasteiger partial charge on any atom is 0.0724 e. The molecule has 3 N–H and O–H groups in total. The van der Waals surface area contributed by atoms with Crippen LogP contribution >= 0.6 is 0 Å². The van der Waals surface area contributed by atoms with Crippen molar-refractivity contribution in [2.24, 2.45) is 40.2 Å². The van der Waals surface area contributed by atoms with Crippen LogP contribution in [0.5, 0.6) is 0 Å². The summed E-state index contributed by atoms with van der Waals surface area (Å²) in [7, 11) is 0. The molecule has 116 valence electrons. The third kappa shape index (κ3) is 1.75. The highest BCUT2D eigenvalue weighted by molar-refractivity contribution is 5.24. The second-order valence-corrected chi connectivity index (χ2v) is 8.53. The first-order valence-corrected chi connectivity index (χ1v) is 8.78. The van der Waals surface area contributed by atoms with Gasteiger partial charge >= 0.3 is 0 Å². The minimum Gasteiger partial charge on any atom is -0.402 e. The highest BCUT2D eigenvalue weighted by Crippen LogP contribution is 2.64. The Morgan fingerprint density at radius 2 is 2.00 bits per heavy atom. The lowest BCUT2D eigenvalue weighted by Gasteiger charge is -2.59. The highest BCUT2D eigenvalue weighted by atomic mass is 16.3. The SMILES string of the molecule is C[C@]12C=CC(O)CC1CC[C@@H]1[C@H]2CC[C@]2(C)C(N)=CC[C@@H]12. The predicted octanol–water partition coefficient (Wildman–Crippen LogP) is 3.62. The van der Waals surface area contributed by atoms with E-state index in [1.165, 1.54) is 32.1 Å². The highest BCUT2D eigenvalue weighted by Gasteiger charge is 2.57. The lowest BCUT2D eigenvalue weighted by Crippen LogP contribution is -2.52. The van der Waals surface area contributed by atoms with Gasteiger partial charge in [-0.3, -0.25) is 0 Å². The van der Waals surface area contributed by atoms with Crippen LogP contribution in [0, 0.1) is 34.5 Å². The number of hydrogen-bond acceptors (Lipinski definition) is 2. The monoisotopic (exact) mass is 287 g/mol. The molecule has 2 unspecified atom stereocenters. The summed E-state index contributed by atoms with van der Waals surface area (Å²) in [6.45, 7) is 4.87. The summed E-state index contributed by atoms with van der Waals surface area (Å²) in [5.41, 5.74) is 8.08. The van der Waals surface area contributed by atoms with Gasteiger partial charge in [-0.05, 0) is 67.6 Å². The Kier molecular flexibility index (Phi) is 2.89. The lowest BCUT2D eigenvalue weighted by atomic mass is 9.46. The van der Waals surface area contributed by atoms with Crippen LogP contribution in [0.1, 0.15) is 52.4 Å². The molecular weight excluding hydrogens is 258 g/mol. The molecule has 0 heterocycles. The first-order valence-electron chi connectivity index (χ1n) is 8.78. The molecule has 2 nitrogen and oxygen atoms in total. The standard InChI is InChI=1S/C19H29NO/c1-18-9-7-13(21)11-12(18)3-4-14-15-5-6-17(20)19(15,2)10-8-16(14)18/h6-7,9,12-16,21H,3-5,8,10-11,20H2,1-2H3/t12?,13?,14-,15-,16+,18-,19-/m0/s1. The second-order valence-electron chi connectivity index (χ2n) is 8.53. The maximum absolute atomic E-state index is 9.97. The number of aliphatic hydroxyl groups is 1. The largest absolute Gasteiger partial charge is 0.402 e. The molecule has 2 saturated carbocycles. The minimum atomic E-state index is -0.211. The second kappa shape index (κ2) is 4.38. The molecule has 0 amide bonds. The quantitative estimate of drug-likeness (QED) is 0.668. The van der Waals surface area contributed by atoms with Crippen molar-refractivity contribution in [1.29, 1.82) is 0 Å². The van der Waals surface area contributed by atoms with Gasteiger partial charge in [0.15, 0.2) is 0 Å². The van der Waals surface area contributed by atoms with Crippen molar-refractivity contribution < 1.29 is 5.11 Å². The zero-order valence-electron chi connectivity index (χ0n) is 13.4. The summed E-state index contributed by atoms with van der Waals surface area (Å²) in [4.78, 5) is 0. The van der Waals surface area contributed by atoms with Crippen molar-refractivity contribution in [2.45, 2.75) is 58.5 Å². The van der Waals surface area contributed by atoms with Gasteiger partial charge in [0.05, 0.1) is 6.10 Å². The Labute approximate surface area is 128 Å². The van der Waals surface area contributed by atoms with Crippen LogP contribution in [0.2, 0.25) is 0 Å². The van der Waals surface area contributed by atoms with E-state index in [2.05, 4.69) is 32.1 Å². The fourth-order valence-electron chi connectivity index (χ4n) is 6.39. The van der Waals surface area contributed by atoms with Gasteiger partial charge in [-0.25, -0.2) is 0 Å². The topological polar surface area (TPSA) is 46.2 Å². The molecule has 4 rings (SSSR count). The van der Waals surface area contributed by atoms with Crippen LogP contribution < -0.4 is 5.73 Å². The minimum absolute atomic E-state index is 0.211. The van der Waals surface area contributed by atoms with Gasteiger partial charge in [0.25, 0.3) is 0 Å². The molecule has 0 aliphatic heterocycles. The molecule has 21 heavy (non-hydrogen) atoms. The molecule has 7 atom stereocenters. The van der Waals surface area contributed by atoms with E-state index in [0.29, 0.717) is 11.3 Å². The van der Waals surface area contributed by atoms with Crippen LogP contribution in [-0.4, -0.2) is 11.2 Å². The van der Waals surface area contributed by atoms with Crippen molar-refractivity contribution in [2.75, 3.05) is 0 Å². The molecule has 4 aliphatic carbocycles. The van der Waals surface area contributed by atoms with Gasteiger partial charge in [0.1, 0.15) is 0 Å². The van der Waals surface area contributed by atoms with Crippen LogP contribution in [0.25, 0.3) is 0 Å². The van der Waals surface area contributed by atoms with E-state index in [0.717, 1.165) is 29.9 Å². The summed E-state index contributed by atoms with van der Waals surface area (Å²) >= 11 is 0. The average molecular weight is 287 g/mol. The fourth-order valence-corrected chi connectivity index (χ4v) is 6.39. The van der Waals surface area contributed by atoms with Crippen LogP contribution in [0.4, 0.5) is 0 Å². The van der Waals surface area contributed by atoms with Gasteiger partial charge in [-0.2, -0.15) is 0 Å². The lowest BCUT2D eigenvalue weighted by molar-refractivity contribution is -0.0712. The van der Waals surface area contributed by atoms with Gasteiger partial charge in [0, 0.05) is 11.1 Å². The average Bonchev–Trinajstić information content (AvgIpc) is 2.76. The molecular formula is C19H29NO. The Morgan fingerprint density at radius 1 is 1.19 bits per heavy atom. The zero-order chi connectivity index (χ0) is 14.8. The van der Waals surface area contributed by atoms with Crippen LogP contribution in [0.15, 0.2) is 23.9 Å². The van der Waals surface area contributed by atoms with E-state index in [1.807, 2.05) is 0 Å². The Bertz CT molecular complexity index is 510. The first kappa shape index (κ1) is 13.9. The van der Waals surface area contributed by atoms with E-state index in [4.69, 9.17) is 5.73 Å². The van der Waals surface area contributed by atoms with E-state index in [-0.39, 0.29) is 11.5 Å². The predicted molar refractivity (Wildman–Crippen MR) is 85.3 cm³/mol. The molecule has 0 bridgehead atoms. The molecule has 0 spiro atoms. The van der Waals surface area contributed by atoms with Crippen molar-refractivity contribution in [3.05, 3.63) is 23.9 Å². The van der Waals surface area contributed by atoms with E-state index in [9.17, 15) is 5.11 Å². The van der Waals surface area contributed by atoms with Crippen molar-refractivity contribution in [3.8, 4) is 0 Å². The van der Waals surface area contributed by atoms with Gasteiger partial charge < -0.3 is 10.8 Å². The maximum atomic E-state index is 9.97. The van der Waals surface area contributed by atoms with Crippen molar-refractivity contribution in [3.63, 3.8) is 0 Å². The van der Waals surface area contributed by atoms with Gasteiger partial charge in [-0.15, -0.1) is 0 Å². The number of fused-ring (bicyclic) bond motifs is 5.